The number of unbranched alkanes of at least 4 members (excludes halogenated alkanes) is 2. The molecule has 0 saturated heterocycles. The highest BCUT2D eigenvalue weighted by molar-refractivity contribution is 7.13. The van der Waals surface area contributed by atoms with Crippen molar-refractivity contribution in [2.24, 2.45) is 0 Å². The highest BCUT2D eigenvalue weighted by atomic mass is 35.5. The van der Waals surface area contributed by atoms with Crippen LogP contribution in [0.25, 0.3) is 16.3 Å². The summed E-state index contributed by atoms with van der Waals surface area (Å²) < 4.78 is 1.66. The zero-order valence-electron chi connectivity index (χ0n) is 14.0. The van der Waals surface area contributed by atoms with Crippen molar-refractivity contribution in [1.29, 1.82) is 0 Å². The van der Waals surface area contributed by atoms with Crippen LogP contribution in [0.4, 0.5) is 0 Å². The van der Waals surface area contributed by atoms with Gasteiger partial charge < -0.3 is 5.32 Å². The zero-order chi connectivity index (χ0) is 17.6. The predicted octanol–water partition coefficient (Wildman–Crippen LogP) is 5.17. The van der Waals surface area contributed by atoms with Gasteiger partial charge in [0.25, 0.3) is 5.91 Å². The lowest BCUT2D eigenvalue weighted by Gasteiger charge is -2.08. The fourth-order valence-corrected chi connectivity index (χ4v) is 3.43. The van der Waals surface area contributed by atoms with Gasteiger partial charge in [-0.05, 0) is 42.1 Å². The standard InChI is InChI=1S/C19H20ClN3OS/c1-2-3-4-10-21-19(24)17-13-16(18-9-6-11-25-18)22-23(17)15-8-5-7-14(20)12-15/h5-9,11-13H,2-4,10H2,1H3,(H,21,24). The van der Waals surface area contributed by atoms with E-state index >= 15 is 0 Å². The Balaban J connectivity index is 1.93. The maximum absolute atomic E-state index is 12.7. The van der Waals surface area contributed by atoms with E-state index in [-0.39, 0.29) is 5.91 Å². The van der Waals surface area contributed by atoms with Crippen LogP contribution < -0.4 is 5.32 Å². The Morgan fingerprint density at radius 3 is 2.84 bits per heavy atom. The van der Waals surface area contributed by atoms with Crippen LogP contribution in [0.2, 0.25) is 5.02 Å². The first-order valence-corrected chi connectivity index (χ1v) is 9.63. The first-order chi connectivity index (χ1) is 12.2. The van der Waals surface area contributed by atoms with E-state index in [1.807, 2.05) is 35.7 Å². The van der Waals surface area contributed by atoms with E-state index in [1.165, 1.54) is 0 Å². The van der Waals surface area contributed by atoms with Crippen LogP contribution >= 0.6 is 22.9 Å². The van der Waals surface area contributed by atoms with Gasteiger partial charge in [-0.3, -0.25) is 4.79 Å². The molecule has 3 aromatic rings. The number of nitrogens with zero attached hydrogens (tertiary/aromatic N) is 2. The molecule has 0 spiro atoms. The molecule has 25 heavy (non-hydrogen) atoms. The minimum Gasteiger partial charge on any atom is -0.351 e. The van der Waals surface area contributed by atoms with Crippen molar-refractivity contribution in [1.82, 2.24) is 15.1 Å². The number of benzene rings is 1. The largest absolute Gasteiger partial charge is 0.351 e. The topological polar surface area (TPSA) is 46.9 Å². The number of amides is 1. The molecule has 0 aliphatic carbocycles. The van der Waals surface area contributed by atoms with Crippen molar-refractivity contribution in [3.63, 3.8) is 0 Å². The van der Waals surface area contributed by atoms with E-state index in [1.54, 1.807) is 28.2 Å². The number of halogens is 1. The van der Waals surface area contributed by atoms with E-state index < -0.39 is 0 Å². The first kappa shape index (κ1) is 17.7. The van der Waals surface area contributed by atoms with E-state index in [2.05, 4.69) is 17.3 Å². The van der Waals surface area contributed by atoms with Crippen LogP contribution in [0.3, 0.4) is 0 Å². The number of rotatable bonds is 7. The molecule has 0 aliphatic rings. The normalized spacial score (nSPS) is 10.8. The summed E-state index contributed by atoms with van der Waals surface area (Å²) in [7, 11) is 0. The fraction of sp³-hybridized carbons (Fsp3) is 0.263. The summed E-state index contributed by atoms with van der Waals surface area (Å²) in [6, 6.07) is 13.2. The van der Waals surface area contributed by atoms with E-state index in [0.29, 0.717) is 17.3 Å². The average Bonchev–Trinajstić information content (AvgIpc) is 3.27. The van der Waals surface area contributed by atoms with Gasteiger partial charge in [-0.25, -0.2) is 4.68 Å². The van der Waals surface area contributed by atoms with Gasteiger partial charge in [0.1, 0.15) is 11.4 Å². The molecule has 0 atom stereocenters. The highest BCUT2D eigenvalue weighted by Gasteiger charge is 2.18. The number of carbonyl (C=O) groups excluding carboxylic acids is 1. The van der Waals surface area contributed by atoms with E-state index in [4.69, 9.17) is 11.6 Å². The van der Waals surface area contributed by atoms with Crippen LogP contribution in [0.5, 0.6) is 0 Å². The van der Waals surface area contributed by atoms with Crippen LogP contribution in [0, 0.1) is 0 Å². The summed E-state index contributed by atoms with van der Waals surface area (Å²) in [6.45, 7) is 2.81. The number of nitrogens with one attached hydrogen (secondary N) is 1. The lowest BCUT2D eigenvalue weighted by atomic mass is 10.2. The summed E-state index contributed by atoms with van der Waals surface area (Å²) in [5.74, 6) is -0.119. The van der Waals surface area contributed by atoms with Crippen molar-refractivity contribution in [2.75, 3.05) is 6.54 Å². The third-order valence-electron chi connectivity index (χ3n) is 3.83. The smallest absolute Gasteiger partial charge is 0.270 e. The van der Waals surface area contributed by atoms with Crippen molar-refractivity contribution in [3.8, 4) is 16.3 Å². The van der Waals surface area contributed by atoms with E-state index in [0.717, 1.165) is 35.5 Å². The van der Waals surface area contributed by atoms with Crippen molar-refractivity contribution in [3.05, 3.63) is 58.6 Å². The predicted molar refractivity (Wildman–Crippen MR) is 104 cm³/mol. The van der Waals surface area contributed by atoms with Crippen LogP contribution in [0.1, 0.15) is 36.7 Å². The summed E-state index contributed by atoms with van der Waals surface area (Å²) >= 11 is 7.71. The van der Waals surface area contributed by atoms with Gasteiger partial charge in [0.05, 0.1) is 10.6 Å². The molecule has 1 aromatic carbocycles. The van der Waals surface area contributed by atoms with Crippen LogP contribution in [0.15, 0.2) is 47.8 Å². The van der Waals surface area contributed by atoms with Gasteiger partial charge in [0.2, 0.25) is 0 Å². The Morgan fingerprint density at radius 1 is 1.24 bits per heavy atom. The Morgan fingerprint density at radius 2 is 2.12 bits per heavy atom. The molecule has 0 fully saturated rings. The minimum atomic E-state index is -0.119. The SMILES string of the molecule is CCCCCNC(=O)c1cc(-c2cccs2)nn1-c1cccc(Cl)c1. The molecular formula is C19H20ClN3OS. The van der Waals surface area contributed by atoms with E-state index in [9.17, 15) is 4.79 Å². The van der Waals surface area contributed by atoms with Crippen LogP contribution in [-0.4, -0.2) is 22.2 Å². The molecule has 3 rings (SSSR count). The fourth-order valence-electron chi connectivity index (χ4n) is 2.56. The second-order valence-corrected chi connectivity index (χ2v) is 7.13. The van der Waals surface area contributed by atoms with Gasteiger partial charge in [0, 0.05) is 11.6 Å². The van der Waals surface area contributed by atoms with Gasteiger partial charge in [0.15, 0.2) is 0 Å². The number of hydrogen-bond acceptors (Lipinski definition) is 3. The summed E-state index contributed by atoms with van der Waals surface area (Å²) in [6.07, 6.45) is 3.21. The maximum Gasteiger partial charge on any atom is 0.270 e. The van der Waals surface area contributed by atoms with Crippen LogP contribution in [-0.2, 0) is 0 Å². The molecule has 0 radical (unpaired) electrons. The zero-order valence-corrected chi connectivity index (χ0v) is 15.6. The summed E-state index contributed by atoms with van der Waals surface area (Å²) in [5.41, 5.74) is 2.07. The quantitative estimate of drug-likeness (QED) is 0.580. The molecular weight excluding hydrogens is 354 g/mol. The van der Waals surface area contributed by atoms with Gasteiger partial charge in [-0.1, -0.05) is 43.5 Å². The monoisotopic (exact) mass is 373 g/mol. The molecule has 4 nitrogen and oxygen atoms in total. The summed E-state index contributed by atoms with van der Waals surface area (Å²) in [4.78, 5) is 13.7. The molecule has 1 amide bonds. The minimum absolute atomic E-state index is 0.119. The first-order valence-electron chi connectivity index (χ1n) is 8.37. The Hall–Kier alpha value is -2.11. The Labute approximate surface area is 156 Å². The second-order valence-electron chi connectivity index (χ2n) is 5.75. The third-order valence-corrected chi connectivity index (χ3v) is 4.96. The van der Waals surface area contributed by atoms with Gasteiger partial charge in [-0.2, -0.15) is 5.10 Å². The lowest BCUT2D eigenvalue weighted by Crippen LogP contribution is -2.26. The molecule has 1 N–H and O–H groups in total. The molecule has 0 aliphatic heterocycles. The van der Waals surface area contributed by atoms with Gasteiger partial charge >= 0.3 is 0 Å². The third kappa shape index (κ3) is 4.30. The number of thiophene rings is 1. The number of hydrogen-bond donors (Lipinski definition) is 1. The molecule has 130 valence electrons. The number of carbonyl (C=O) groups is 1. The molecule has 0 unspecified atom stereocenters. The lowest BCUT2D eigenvalue weighted by molar-refractivity contribution is 0.0945. The Bertz CT molecular complexity index is 842. The van der Waals surface area contributed by atoms with Crippen molar-refractivity contribution >= 4 is 28.8 Å². The second kappa shape index (κ2) is 8.32. The number of aromatic nitrogens is 2. The Kier molecular flexibility index (Phi) is 5.89. The molecule has 2 heterocycles. The van der Waals surface area contributed by atoms with Crippen molar-refractivity contribution in [2.45, 2.75) is 26.2 Å². The highest BCUT2D eigenvalue weighted by Crippen LogP contribution is 2.26. The molecule has 6 heteroatoms. The van der Waals surface area contributed by atoms with Crippen molar-refractivity contribution < 1.29 is 4.79 Å². The maximum atomic E-state index is 12.7. The molecule has 2 aromatic heterocycles. The molecule has 0 bridgehead atoms. The molecule has 0 saturated carbocycles. The van der Waals surface area contributed by atoms with Gasteiger partial charge in [-0.15, -0.1) is 11.3 Å². The average molecular weight is 374 g/mol. The summed E-state index contributed by atoms with van der Waals surface area (Å²) in [5, 5.41) is 10.2.